The minimum atomic E-state index is -0.195. The van der Waals surface area contributed by atoms with E-state index in [0.717, 1.165) is 12.8 Å². The zero-order valence-electron chi connectivity index (χ0n) is 9.78. The van der Waals surface area contributed by atoms with Gasteiger partial charge in [0, 0.05) is 6.54 Å². The molecule has 0 aliphatic carbocycles. The molecular weight excluding hydrogens is 258 g/mol. The molecule has 17 heavy (non-hydrogen) atoms. The van der Waals surface area contributed by atoms with Crippen molar-refractivity contribution >= 4 is 29.3 Å². The van der Waals surface area contributed by atoms with Crippen molar-refractivity contribution in [2.45, 2.75) is 19.3 Å². The van der Waals surface area contributed by atoms with Gasteiger partial charge in [-0.3, -0.25) is 4.79 Å². The van der Waals surface area contributed by atoms with E-state index in [1.165, 1.54) is 12.2 Å². The van der Waals surface area contributed by atoms with Crippen LogP contribution < -0.4 is 5.32 Å². The smallest absolute Gasteiger partial charge is 0.271 e. The Morgan fingerprint density at radius 3 is 2.82 bits per heavy atom. The molecule has 1 aromatic heterocycles. The Bertz CT molecular complexity index is 345. The second-order valence-electron chi connectivity index (χ2n) is 3.55. The lowest BCUT2D eigenvalue weighted by Gasteiger charge is -2.03. The quantitative estimate of drug-likeness (QED) is 0.775. The van der Waals surface area contributed by atoms with Crippen molar-refractivity contribution in [2.24, 2.45) is 0 Å². The van der Waals surface area contributed by atoms with Crippen LogP contribution in [0.15, 0.2) is 12.1 Å². The summed E-state index contributed by atoms with van der Waals surface area (Å²) in [5, 5.41) is 10.4. The summed E-state index contributed by atoms with van der Waals surface area (Å²) in [6.45, 7) is 0.678. The molecule has 0 saturated carbocycles. The van der Waals surface area contributed by atoms with Crippen LogP contribution >= 0.6 is 23.4 Å². The van der Waals surface area contributed by atoms with Gasteiger partial charge >= 0.3 is 0 Å². The molecule has 0 radical (unpaired) electrons. The van der Waals surface area contributed by atoms with Crippen molar-refractivity contribution < 1.29 is 4.79 Å². The molecule has 1 N–H and O–H groups in total. The molecule has 1 amide bonds. The van der Waals surface area contributed by atoms with E-state index in [-0.39, 0.29) is 5.91 Å². The van der Waals surface area contributed by atoms with Crippen LogP contribution in [0.25, 0.3) is 0 Å². The van der Waals surface area contributed by atoms with Gasteiger partial charge in [0.25, 0.3) is 5.91 Å². The van der Waals surface area contributed by atoms with Gasteiger partial charge in [-0.15, -0.1) is 10.2 Å². The molecule has 0 atom stereocenters. The van der Waals surface area contributed by atoms with Gasteiger partial charge in [0.2, 0.25) is 0 Å². The third-order valence-corrected chi connectivity index (χ3v) is 3.07. The Labute approximate surface area is 111 Å². The molecule has 1 aromatic rings. The molecule has 0 bridgehead atoms. The number of hydrogen-bond donors (Lipinski definition) is 1. The van der Waals surface area contributed by atoms with Crippen LogP contribution in [0.3, 0.4) is 0 Å². The van der Waals surface area contributed by atoms with Crippen molar-refractivity contribution in [3.63, 3.8) is 0 Å². The number of halogens is 1. The summed E-state index contributed by atoms with van der Waals surface area (Å²) < 4.78 is 0. The fraction of sp³-hybridized carbons (Fsp3) is 0.545. The Morgan fingerprint density at radius 1 is 1.35 bits per heavy atom. The number of nitrogens with one attached hydrogen (secondary N) is 1. The van der Waals surface area contributed by atoms with Crippen molar-refractivity contribution in [3.8, 4) is 0 Å². The number of aromatic nitrogens is 2. The highest BCUT2D eigenvalue weighted by Crippen LogP contribution is 2.03. The third kappa shape index (κ3) is 5.89. The van der Waals surface area contributed by atoms with Crippen LogP contribution in [-0.2, 0) is 0 Å². The number of carbonyl (C=O) groups excluding carboxylic acids is 1. The molecule has 0 fully saturated rings. The second kappa shape index (κ2) is 8.31. The summed E-state index contributed by atoms with van der Waals surface area (Å²) in [6, 6.07) is 3.13. The van der Waals surface area contributed by atoms with Crippen LogP contribution in [-0.4, -0.2) is 34.7 Å². The average molecular weight is 274 g/mol. The van der Waals surface area contributed by atoms with E-state index in [1.54, 1.807) is 12.1 Å². The van der Waals surface area contributed by atoms with Gasteiger partial charge in [-0.25, -0.2) is 0 Å². The largest absolute Gasteiger partial charge is 0.351 e. The van der Waals surface area contributed by atoms with Crippen LogP contribution in [0.4, 0.5) is 0 Å². The maximum atomic E-state index is 11.6. The standard InChI is InChI=1S/C11H16ClN3OS/c1-17-8-4-2-3-7-13-11(16)9-5-6-10(12)15-14-9/h5-6H,2-4,7-8H2,1H3,(H,13,16). The maximum absolute atomic E-state index is 11.6. The van der Waals surface area contributed by atoms with E-state index in [1.807, 2.05) is 11.8 Å². The first-order valence-electron chi connectivity index (χ1n) is 5.50. The molecule has 0 spiro atoms. The first-order valence-corrected chi connectivity index (χ1v) is 7.27. The maximum Gasteiger partial charge on any atom is 0.271 e. The summed E-state index contributed by atoms with van der Waals surface area (Å²) in [5.74, 6) is 0.982. The van der Waals surface area contributed by atoms with Crippen molar-refractivity contribution in [1.82, 2.24) is 15.5 Å². The number of nitrogens with zero attached hydrogens (tertiary/aromatic N) is 2. The van der Waals surface area contributed by atoms with E-state index < -0.39 is 0 Å². The summed E-state index contributed by atoms with van der Waals surface area (Å²) in [5.41, 5.74) is 0.304. The molecule has 4 nitrogen and oxygen atoms in total. The van der Waals surface area contributed by atoms with Crippen molar-refractivity contribution in [2.75, 3.05) is 18.6 Å². The Hall–Kier alpha value is -0.810. The van der Waals surface area contributed by atoms with Gasteiger partial charge in [0.1, 0.15) is 0 Å². The number of hydrogen-bond acceptors (Lipinski definition) is 4. The zero-order valence-corrected chi connectivity index (χ0v) is 11.4. The highest BCUT2D eigenvalue weighted by atomic mass is 35.5. The number of thioether (sulfide) groups is 1. The summed E-state index contributed by atoms with van der Waals surface area (Å²) in [7, 11) is 0. The van der Waals surface area contributed by atoms with Gasteiger partial charge in [-0.2, -0.15) is 11.8 Å². The molecular formula is C11H16ClN3OS. The number of amides is 1. The van der Waals surface area contributed by atoms with E-state index in [9.17, 15) is 4.79 Å². The SMILES string of the molecule is CSCCCCCNC(=O)c1ccc(Cl)nn1. The van der Waals surface area contributed by atoms with Crippen molar-refractivity contribution in [3.05, 3.63) is 23.0 Å². The molecule has 0 saturated heterocycles. The van der Waals surface area contributed by atoms with Crippen LogP contribution in [0, 0.1) is 0 Å². The topological polar surface area (TPSA) is 54.9 Å². The Kier molecular flexibility index (Phi) is 6.96. The first kappa shape index (κ1) is 14.3. The van der Waals surface area contributed by atoms with Crippen LogP contribution in [0.1, 0.15) is 29.8 Å². The lowest BCUT2D eigenvalue weighted by atomic mass is 10.2. The van der Waals surface area contributed by atoms with E-state index in [2.05, 4.69) is 21.8 Å². The number of carbonyl (C=O) groups is 1. The highest BCUT2D eigenvalue weighted by Gasteiger charge is 2.06. The third-order valence-electron chi connectivity index (χ3n) is 2.18. The van der Waals surface area contributed by atoms with Gasteiger partial charge in [0.15, 0.2) is 10.8 Å². The molecule has 0 aromatic carbocycles. The molecule has 0 unspecified atom stereocenters. The monoisotopic (exact) mass is 273 g/mol. The lowest BCUT2D eigenvalue weighted by molar-refractivity contribution is 0.0947. The number of rotatable bonds is 7. The van der Waals surface area contributed by atoms with Crippen LogP contribution in [0.2, 0.25) is 5.15 Å². The predicted molar refractivity (Wildman–Crippen MR) is 71.6 cm³/mol. The summed E-state index contributed by atoms with van der Waals surface area (Å²) >= 11 is 7.43. The van der Waals surface area contributed by atoms with Gasteiger partial charge in [-0.1, -0.05) is 18.0 Å². The van der Waals surface area contributed by atoms with Gasteiger partial charge in [0.05, 0.1) is 0 Å². The Balaban J connectivity index is 2.19. The van der Waals surface area contributed by atoms with E-state index in [0.29, 0.717) is 17.4 Å². The highest BCUT2D eigenvalue weighted by molar-refractivity contribution is 7.98. The molecule has 0 aliphatic heterocycles. The van der Waals surface area contributed by atoms with Crippen LogP contribution in [0.5, 0.6) is 0 Å². The zero-order chi connectivity index (χ0) is 12.5. The van der Waals surface area contributed by atoms with Crippen molar-refractivity contribution in [1.29, 1.82) is 0 Å². The summed E-state index contributed by atoms with van der Waals surface area (Å²) in [4.78, 5) is 11.6. The molecule has 94 valence electrons. The molecule has 6 heteroatoms. The minimum absolute atomic E-state index is 0.195. The molecule has 1 rings (SSSR count). The second-order valence-corrected chi connectivity index (χ2v) is 4.92. The summed E-state index contributed by atoms with van der Waals surface area (Å²) in [6.07, 6.45) is 5.42. The average Bonchev–Trinajstić information content (AvgIpc) is 2.34. The normalized spacial score (nSPS) is 10.2. The minimum Gasteiger partial charge on any atom is -0.351 e. The van der Waals surface area contributed by atoms with Gasteiger partial charge < -0.3 is 5.32 Å². The van der Waals surface area contributed by atoms with E-state index >= 15 is 0 Å². The lowest BCUT2D eigenvalue weighted by Crippen LogP contribution is -2.25. The van der Waals surface area contributed by atoms with Gasteiger partial charge in [-0.05, 0) is 37.0 Å². The first-order chi connectivity index (χ1) is 8.24. The number of unbranched alkanes of at least 4 members (excludes halogenated alkanes) is 2. The Morgan fingerprint density at radius 2 is 2.18 bits per heavy atom. The predicted octanol–water partition coefficient (Wildman–Crippen LogP) is 2.39. The molecule has 1 heterocycles. The fourth-order valence-electron chi connectivity index (χ4n) is 1.28. The fourth-order valence-corrected chi connectivity index (χ4v) is 1.87. The molecule has 0 aliphatic rings. The van der Waals surface area contributed by atoms with E-state index in [4.69, 9.17) is 11.6 Å².